The molecule has 2 N–H and O–H groups in total. The molecular weight excluding hydrogens is 380 g/mol. The Morgan fingerprint density at radius 1 is 1.29 bits per heavy atom. The Balaban J connectivity index is 1.54. The molecule has 2 amide bonds. The van der Waals surface area contributed by atoms with E-state index in [1.807, 2.05) is 24.4 Å². The van der Waals surface area contributed by atoms with Crippen LogP contribution in [0.25, 0.3) is 10.8 Å². The first-order valence-corrected chi connectivity index (χ1v) is 9.83. The Morgan fingerprint density at radius 3 is 2.71 bits per heavy atom. The van der Waals surface area contributed by atoms with Crippen LogP contribution < -0.4 is 10.2 Å². The van der Waals surface area contributed by atoms with Gasteiger partial charge in [-0.15, -0.1) is 0 Å². The summed E-state index contributed by atoms with van der Waals surface area (Å²) >= 11 is 6.09. The number of piperidine rings is 1. The Labute approximate surface area is 169 Å². The molecule has 0 unspecified atom stereocenters. The number of hydrogen-bond acceptors (Lipinski definition) is 4. The van der Waals surface area contributed by atoms with Crippen molar-refractivity contribution in [2.24, 2.45) is 5.92 Å². The molecular formula is C20H25ClN4O3. The number of amides is 2. The molecule has 1 aromatic carbocycles. The largest absolute Gasteiger partial charge is 0.465 e. The second-order valence-corrected chi connectivity index (χ2v) is 7.57. The van der Waals surface area contributed by atoms with E-state index in [0.717, 1.165) is 48.9 Å². The molecule has 1 saturated heterocycles. The zero-order valence-corrected chi connectivity index (χ0v) is 16.7. The summed E-state index contributed by atoms with van der Waals surface area (Å²) < 4.78 is 0. The highest BCUT2D eigenvalue weighted by molar-refractivity contribution is 6.31. The summed E-state index contributed by atoms with van der Waals surface area (Å²) in [6.45, 7) is 2.02. The van der Waals surface area contributed by atoms with Crippen molar-refractivity contribution in [2.75, 3.05) is 38.1 Å². The van der Waals surface area contributed by atoms with Gasteiger partial charge in [-0.05, 0) is 48.8 Å². The first kappa shape index (κ1) is 20.2. The van der Waals surface area contributed by atoms with Crippen LogP contribution >= 0.6 is 11.6 Å². The molecule has 28 heavy (non-hydrogen) atoms. The lowest BCUT2D eigenvalue weighted by Crippen LogP contribution is -2.41. The molecule has 2 heterocycles. The molecule has 8 heteroatoms. The van der Waals surface area contributed by atoms with Crippen molar-refractivity contribution in [3.63, 3.8) is 0 Å². The van der Waals surface area contributed by atoms with E-state index in [1.165, 1.54) is 11.9 Å². The maximum absolute atomic E-state index is 11.5. The minimum atomic E-state index is -1.06. The van der Waals surface area contributed by atoms with E-state index >= 15 is 0 Å². The van der Waals surface area contributed by atoms with Gasteiger partial charge in [0.05, 0.1) is 0 Å². The number of carbonyl (C=O) groups is 2. The van der Waals surface area contributed by atoms with Crippen molar-refractivity contribution in [1.29, 1.82) is 0 Å². The summed E-state index contributed by atoms with van der Waals surface area (Å²) in [5.74, 6) is 1.09. The van der Waals surface area contributed by atoms with Crippen LogP contribution in [-0.2, 0) is 4.79 Å². The third-order valence-electron chi connectivity index (χ3n) is 5.30. The van der Waals surface area contributed by atoms with E-state index in [4.69, 9.17) is 11.6 Å². The molecule has 1 aromatic heterocycles. The van der Waals surface area contributed by atoms with Crippen LogP contribution in [-0.4, -0.2) is 60.2 Å². The Kier molecular flexibility index (Phi) is 6.57. The highest BCUT2D eigenvalue weighted by atomic mass is 35.5. The number of aromatic nitrogens is 1. The van der Waals surface area contributed by atoms with Crippen molar-refractivity contribution in [2.45, 2.75) is 19.3 Å². The second kappa shape index (κ2) is 9.10. The van der Waals surface area contributed by atoms with Crippen LogP contribution in [0.2, 0.25) is 5.02 Å². The number of carboxylic acid groups (broad SMARTS) is 1. The van der Waals surface area contributed by atoms with Crippen molar-refractivity contribution < 1.29 is 14.7 Å². The smallest absolute Gasteiger partial charge is 0.407 e. The van der Waals surface area contributed by atoms with Gasteiger partial charge in [0.2, 0.25) is 5.91 Å². The van der Waals surface area contributed by atoms with E-state index in [-0.39, 0.29) is 12.5 Å². The predicted octanol–water partition coefficient (Wildman–Crippen LogP) is 3.22. The predicted molar refractivity (Wildman–Crippen MR) is 110 cm³/mol. The average Bonchev–Trinajstić information content (AvgIpc) is 2.70. The first-order valence-electron chi connectivity index (χ1n) is 9.45. The average molecular weight is 405 g/mol. The van der Waals surface area contributed by atoms with Gasteiger partial charge in [-0.25, -0.2) is 9.78 Å². The van der Waals surface area contributed by atoms with Gasteiger partial charge in [0, 0.05) is 43.3 Å². The molecule has 3 rings (SSSR count). The number of hydrogen-bond donors (Lipinski definition) is 2. The molecule has 0 bridgehead atoms. The van der Waals surface area contributed by atoms with Crippen LogP contribution in [0, 0.1) is 5.92 Å². The Morgan fingerprint density at radius 2 is 2.04 bits per heavy atom. The fraction of sp³-hybridized carbons (Fsp3) is 0.450. The normalized spacial score (nSPS) is 14.9. The highest BCUT2D eigenvalue weighted by Gasteiger charge is 2.23. The fourth-order valence-electron chi connectivity index (χ4n) is 3.56. The van der Waals surface area contributed by atoms with E-state index in [9.17, 15) is 14.7 Å². The van der Waals surface area contributed by atoms with Gasteiger partial charge in [-0.2, -0.15) is 0 Å². The van der Waals surface area contributed by atoms with Crippen molar-refractivity contribution in [3.8, 4) is 0 Å². The second-order valence-electron chi connectivity index (χ2n) is 7.13. The zero-order valence-electron chi connectivity index (χ0n) is 15.9. The summed E-state index contributed by atoms with van der Waals surface area (Å²) in [6.07, 6.45) is 3.53. The lowest BCUT2D eigenvalue weighted by Gasteiger charge is -2.33. The van der Waals surface area contributed by atoms with Crippen molar-refractivity contribution in [3.05, 3.63) is 35.5 Å². The molecule has 1 fully saturated rings. The van der Waals surface area contributed by atoms with E-state index < -0.39 is 6.09 Å². The van der Waals surface area contributed by atoms with Crippen LogP contribution in [0.4, 0.5) is 10.6 Å². The quantitative estimate of drug-likeness (QED) is 0.772. The number of halogens is 1. The summed E-state index contributed by atoms with van der Waals surface area (Å²) in [4.78, 5) is 30.8. The Bertz CT molecular complexity index is 852. The number of fused-ring (bicyclic) bond motifs is 1. The van der Waals surface area contributed by atoms with Gasteiger partial charge >= 0.3 is 6.09 Å². The minimum Gasteiger partial charge on any atom is -0.465 e. The van der Waals surface area contributed by atoms with Gasteiger partial charge < -0.3 is 15.3 Å². The van der Waals surface area contributed by atoms with Gasteiger partial charge in [-0.1, -0.05) is 17.7 Å². The van der Waals surface area contributed by atoms with Crippen molar-refractivity contribution in [1.82, 2.24) is 15.2 Å². The molecule has 1 aliphatic rings. The highest BCUT2D eigenvalue weighted by Crippen LogP contribution is 2.27. The van der Waals surface area contributed by atoms with Gasteiger partial charge in [0.25, 0.3) is 0 Å². The maximum atomic E-state index is 11.5. The first-order chi connectivity index (χ1) is 13.5. The number of anilines is 1. The number of nitrogens with one attached hydrogen (secondary N) is 1. The van der Waals surface area contributed by atoms with Gasteiger partial charge in [0.1, 0.15) is 12.4 Å². The Hall–Kier alpha value is -2.54. The molecule has 150 valence electrons. The van der Waals surface area contributed by atoms with Crippen LogP contribution in [0.5, 0.6) is 0 Å². The standard InChI is InChI=1S/C20H25ClN4O3/c1-22-19(26)13-25(20(27)28)9-6-14-4-7-24(8-5-14)18-11-16-10-17(21)3-2-15(16)12-23-18/h2-3,10-12,14H,4-9,13H2,1H3,(H,22,26)(H,27,28). The van der Waals surface area contributed by atoms with Crippen LogP contribution in [0.1, 0.15) is 19.3 Å². The summed E-state index contributed by atoms with van der Waals surface area (Å²) in [5.41, 5.74) is 0. The maximum Gasteiger partial charge on any atom is 0.407 e. The molecule has 0 radical (unpaired) electrons. The van der Waals surface area contributed by atoms with Crippen LogP contribution in [0.3, 0.4) is 0 Å². The van der Waals surface area contributed by atoms with E-state index in [1.54, 1.807) is 0 Å². The molecule has 0 aliphatic carbocycles. The number of rotatable bonds is 6. The number of pyridine rings is 1. The lowest BCUT2D eigenvalue weighted by atomic mass is 9.93. The minimum absolute atomic E-state index is 0.117. The van der Waals surface area contributed by atoms with Crippen LogP contribution in [0.15, 0.2) is 30.5 Å². The third kappa shape index (κ3) is 5.04. The van der Waals surface area contributed by atoms with E-state index in [2.05, 4.69) is 21.3 Å². The summed E-state index contributed by atoms with van der Waals surface area (Å²) in [5, 5.41) is 14.6. The topological polar surface area (TPSA) is 85.8 Å². The van der Waals surface area contributed by atoms with Gasteiger partial charge in [-0.3, -0.25) is 9.69 Å². The summed E-state index contributed by atoms with van der Waals surface area (Å²) in [6, 6.07) is 7.84. The lowest BCUT2D eigenvalue weighted by molar-refractivity contribution is -0.121. The van der Waals surface area contributed by atoms with E-state index in [0.29, 0.717) is 17.5 Å². The monoisotopic (exact) mass is 404 g/mol. The molecule has 7 nitrogen and oxygen atoms in total. The number of likely N-dealkylation sites (N-methyl/N-ethyl adjacent to an activating group) is 1. The van der Waals surface area contributed by atoms with Gasteiger partial charge in [0.15, 0.2) is 0 Å². The third-order valence-corrected chi connectivity index (χ3v) is 5.53. The number of nitrogens with zero attached hydrogens (tertiary/aromatic N) is 3. The number of carbonyl (C=O) groups excluding carboxylic acids is 1. The fourth-order valence-corrected chi connectivity index (χ4v) is 3.74. The molecule has 0 atom stereocenters. The SMILES string of the molecule is CNC(=O)CN(CCC1CCN(c2cc3cc(Cl)ccc3cn2)CC1)C(=O)O. The molecule has 1 aliphatic heterocycles. The summed E-state index contributed by atoms with van der Waals surface area (Å²) in [7, 11) is 1.51. The molecule has 2 aromatic rings. The molecule has 0 saturated carbocycles. The molecule has 0 spiro atoms. The zero-order chi connectivity index (χ0) is 20.1. The van der Waals surface area contributed by atoms with Crippen molar-refractivity contribution >= 4 is 40.2 Å². The number of benzene rings is 1.